The highest BCUT2D eigenvalue weighted by molar-refractivity contribution is 5.99. The van der Waals surface area contributed by atoms with Crippen molar-refractivity contribution in [3.8, 4) is 34.5 Å². The first-order valence-corrected chi connectivity index (χ1v) is 14.1. The predicted octanol–water partition coefficient (Wildman–Crippen LogP) is 5.69. The average Bonchev–Trinajstić information content (AvgIpc) is 3.08. The molecule has 0 radical (unpaired) electrons. The average molecular weight is 615 g/mol. The lowest BCUT2D eigenvalue weighted by atomic mass is 10.00. The second kappa shape index (κ2) is 15.4. The number of methoxy groups -OCH3 is 6. The quantitative estimate of drug-likeness (QED) is 0.193. The van der Waals surface area contributed by atoms with E-state index in [-0.39, 0.29) is 18.9 Å². The summed E-state index contributed by atoms with van der Waals surface area (Å²) < 4.78 is 33.0. The molecule has 1 atom stereocenters. The Bertz CT molecular complexity index is 1570. The minimum Gasteiger partial charge on any atom is -0.497 e. The summed E-state index contributed by atoms with van der Waals surface area (Å²) in [5, 5.41) is 2.97. The second-order valence-electron chi connectivity index (χ2n) is 9.95. The largest absolute Gasteiger partial charge is 0.497 e. The molecule has 0 aliphatic carbocycles. The molecule has 1 unspecified atom stereocenters. The van der Waals surface area contributed by atoms with E-state index in [0.29, 0.717) is 45.7 Å². The number of rotatable bonds is 14. The maximum atomic E-state index is 14.5. The number of benzene rings is 4. The van der Waals surface area contributed by atoms with E-state index in [0.717, 1.165) is 11.1 Å². The Morgan fingerprint density at radius 1 is 0.644 bits per heavy atom. The molecule has 0 heterocycles. The van der Waals surface area contributed by atoms with Crippen molar-refractivity contribution in [3.63, 3.8) is 0 Å². The maximum absolute atomic E-state index is 14.5. The van der Waals surface area contributed by atoms with Crippen LogP contribution in [0.25, 0.3) is 0 Å². The van der Waals surface area contributed by atoms with Crippen molar-refractivity contribution in [3.05, 3.63) is 102 Å². The topological polar surface area (TPSA) is 105 Å². The van der Waals surface area contributed by atoms with Gasteiger partial charge in [0.1, 0.15) is 23.3 Å². The van der Waals surface area contributed by atoms with Crippen molar-refractivity contribution in [1.82, 2.24) is 4.90 Å². The third kappa shape index (κ3) is 7.77. The van der Waals surface area contributed by atoms with Crippen molar-refractivity contribution in [2.24, 2.45) is 0 Å². The Morgan fingerprint density at radius 3 is 1.80 bits per heavy atom. The van der Waals surface area contributed by atoms with E-state index in [4.69, 9.17) is 28.4 Å². The number of anilines is 1. The Balaban J connectivity index is 1.87. The zero-order valence-corrected chi connectivity index (χ0v) is 26.3. The van der Waals surface area contributed by atoms with E-state index >= 15 is 0 Å². The van der Waals surface area contributed by atoms with Gasteiger partial charge in [-0.2, -0.15) is 0 Å². The fourth-order valence-corrected chi connectivity index (χ4v) is 4.96. The molecule has 0 saturated heterocycles. The van der Waals surface area contributed by atoms with Crippen LogP contribution in [0.15, 0.2) is 84.9 Å². The summed E-state index contributed by atoms with van der Waals surface area (Å²) in [5.41, 5.74) is 2.46. The van der Waals surface area contributed by atoms with Gasteiger partial charge in [0.25, 0.3) is 5.91 Å². The van der Waals surface area contributed by atoms with Crippen molar-refractivity contribution < 1.29 is 38.0 Å². The predicted molar refractivity (Wildman–Crippen MR) is 171 cm³/mol. The van der Waals surface area contributed by atoms with Gasteiger partial charge < -0.3 is 38.6 Å². The molecule has 0 aliphatic heterocycles. The molecule has 10 heteroatoms. The van der Waals surface area contributed by atoms with Crippen molar-refractivity contribution >= 4 is 17.5 Å². The molecule has 2 amide bonds. The fourth-order valence-electron chi connectivity index (χ4n) is 4.96. The molecular weight excluding hydrogens is 576 g/mol. The third-order valence-electron chi connectivity index (χ3n) is 7.26. The van der Waals surface area contributed by atoms with Gasteiger partial charge in [-0.15, -0.1) is 0 Å². The van der Waals surface area contributed by atoms with E-state index in [1.165, 1.54) is 28.4 Å². The molecule has 4 aromatic carbocycles. The summed E-state index contributed by atoms with van der Waals surface area (Å²) in [5.74, 6) is 1.91. The number of nitrogens with zero attached hydrogens (tertiary/aromatic N) is 1. The van der Waals surface area contributed by atoms with Crippen molar-refractivity contribution in [2.45, 2.75) is 19.0 Å². The molecule has 45 heavy (non-hydrogen) atoms. The summed E-state index contributed by atoms with van der Waals surface area (Å²) >= 11 is 0. The number of ether oxygens (including phenoxy) is 6. The minimum atomic E-state index is -1.14. The van der Waals surface area contributed by atoms with Crippen LogP contribution in [-0.4, -0.2) is 59.4 Å². The van der Waals surface area contributed by atoms with Gasteiger partial charge in [0.15, 0.2) is 11.5 Å². The van der Waals surface area contributed by atoms with Crippen molar-refractivity contribution in [2.75, 3.05) is 48.0 Å². The first-order chi connectivity index (χ1) is 21.8. The van der Waals surface area contributed by atoms with Gasteiger partial charge >= 0.3 is 0 Å². The van der Waals surface area contributed by atoms with E-state index < -0.39 is 11.9 Å². The summed E-state index contributed by atoms with van der Waals surface area (Å²) in [7, 11) is 9.12. The smallest absolute Gasteiger partial charge is 0.251 e. The third-order valence-corrected chi connectivity index (χ3v) is 7.26. The number of amides is 2. The molecule has 4 rings (SSSR count). The molecule has 0 saturated carbocycles. The normalized spacial score (nSPS) is 11.2. The van der Waals surface area contributed by atoms with Gasteiger partial charge in [0.05, 0.1) is 54.8 Å². The molecule has 4 aromatic rings. The molecule has 10 nitrogen and oxygen atoms in total. The Labute approximate surface area is 263 Å². The first-order valence-electron chi connectivity index (χ1n) is 14.1. The van der Waals surface area contributed by atoms with Crippen LogP contribution < -0.4 is 33.7 Å². The number of carbonyl (C=O) groups excluding carboxylic acids is 2. The Hall–Kier alpha value is -5.38. The monoisotopic (exact) mass is 614 g/mol. The fraction of sp³-hybridized carbons (Fsp3) is 0.257. The number of hydrogen-bond donors (Lipinski definition) is 1. The number of hydrogen-bond acceptors (Lipinski definition) is 8. The van der Waals surface area contributed by atoms with Crippen LogP contribution in [0.2, 0.25) is 0 Å². The molecule has 0 aromatic heterocycles. The standard InChI is InChI=1S/C35H38N2O8/c1-40-26-14-12-24(13-15-26)22-37(32(38)18-23-10-8-7-9-11-23)33(25-19-30(43-4)34(45-6)31(20-25)44-5)35(39)36-28-17-16-27(41-2)21-29(28)42-3/h7-17,19-21,33H,18,22H2,1-6H3,(H,36,39). The highest BCUT2D eigenvalue weighted by Crippen LogP contribution is 2.42. The molecule has 0 spiro atoms. The lowest BCUT2D eigenvalue weighted by molar-refractivity contribution is -0.139. The number of nitrogens with one attached hydrogen (secondary N) is 1. The summed E-state index contributed by atoms with van der Waals surface area (Å²) in [4.78, 5) is 30.2. The highest BCUT2D eigenvalue weighted by Gasteiger charge is 2.34. The van der Waals surface area contributed by atoms with Gasteiger partial charge in [0.2, 0.25) is 11.7 Å². The van der Waals surface area contributed by atoms with Gasteiger partial charge in [-0.05, 0) is 53.1 Å². The number of carbonyl (C=O) groups is 2. The summed E-state index contributed by atoms with van der Waals surface area (Å²) in [6.45, 7) is 0.115. The van der Waals surface area contributed by atoms with Gasteiger partial charge in [-0.25, -0.2) is 0 Å². The van der Waals surface area contributed by atoms with Gasteiger partial charge in [0, 0.05) is 12.6 Å². The molecule has 0 aliphatic rings. The SMILES string of the molecule is COc1ccc(CN(C(=O)Cc2ccccc2)C(C(=O)Nc2ccc(OC)cc2OC)c2cc(OC)c(OC)c(OC)c2)cc1. The maximum Gasteiger partial charge on any atom is 0.251 e. The summed E-state index contributed by atoms with van der Waals surface area (Å²) in [6.07, 6.45) is 0.0665. The van der Waals surface area contributed by atoms with Crippen LogP contribution in [-0.2, 0) is 22.6 Å². The van der Waals surface area contributed by atoms with Crippen LogP contribution >= 0.6 is 0 Å². The van der Waals surface area contributed by atoms with E-state index in [9.17, 15) is 9.59 Å². The van der Waals surface area contributed by atoms with Crippen molar-refractivity contribution in [1.29, 1.82) is 0 Å². The van der Waals surface area contributed by atoms with Crippen LogP contribution in [0.5, 0.6) is 34.5 Å². The lowest BCUT2D eigenvalue weighted by Gasteiger charge is -2.32. The molecule has 236 valence electrons. The summed E-state index contributed by atoms with van der Waals surface area (Å²) in [6, 6.07) is 24.0. The Kier molecular flexibility index (Phi) is 11.1. The van der Waals surface area contributed by atoms with Crippen LogP contribution in [0.4, 0.5) is 5.69 Å². The van der Waals surface area contributed by atoms with Crippen LogP contribution in [0.3, 0.4) is 0 Å². The zero-order valence-electron chi connectivity index (χ0n) is 26.3. The Morgan fingerprint density at radius 2 is 1.24 bits per heavy atom. The molecule has 1 N–H and O–H groups in total. The van der Waals surface area contributed by atoms with Gasteiger partial charge in [-0.1, -0.05) is 42.5 Å². The molecular formula is C35H38N2O8. The van der Waals surface area contributed by atoms with Crippen LogP contribution in [0, 0.1) is 0 Å². The first kappa shape index (κ1) is 32.5. The molecule has 0 bridgehead atoms. The zero-order chi connectivity index (χ0) is 32.3. The highest BCUT2D eigenvalue weighted by atomic mass is 16.5. The minimum absolute atomic E-state index is 0.0665. The van der Waals surface area contributed by atoms with Gasteiger partial charge in [-0.3, -0.25) is 9.59 Å². The van der Waals surface area contributed by atoms with Crippen LogP contribution in [0.1, 0.15) is 22.7 Å². The molecule has 0 fully saturated rings. The lowest BCUT2D eigenvalue weighted by Crippen LogP contribution is -2.41. The van der Waals surface area contributed by atoms with E-state index in [1.54, 1.807) is 49.5 Å². The van der Waals surface area contributed by atoms with E-state index in [2.05, 4.69) is 5.32 Å². The second-order valence-corrected chi connectivity index (χ2v) is 9.95. The van der Waals surface area contributed by atoms with E-state index in [1.807, 2.05) is 54.6 Å².